The van der Waals surface area contributed by atoms with Crippen LogP contribution in [0.1, 0.15) is 11.3 Å². The van der Waals surface area contributed by atoms with Crippen LogP contribution < -0.4 is 0 Å². The minimum Gasteiger partial charge on any atom is -0.258 e. The third-order valence-electron chi connectivity index (χ3n) is 2.13. The first kappa shape index (κ1) is 12.1. The molecule has 0 saturated heterocycles. The topological polar surface area (TPSA) is 56.0 Å². The maximum absolute atomic E-state index is 10.8. The van der Waals surface area contributed by atoms with E-state index in [1.807, 2.05) is 30.3 Å². The first-order valence-corrected chi connectivity index (χ1v) is 5.41. The molecular weight excluding hydrogens is 252 g/mol. The monoisotopic (exact) mass is 258 g/mol. The summed E-state index contributed by atoms with van der Waals surface area (Å²) in [6, 6.07) is 10.4. The maximum atomic E-state index is 10.8. The Balaban J connectivity index is 2.41. The molecule has 0 unspecified atom stereocenters. The number of hydrogen-bond acceptors (Lipinski definition) is 3. The van der Waals surface area contributed by atoms with Crippen LogP contribution in [0.15, 0.2) is 42.6 Å². The number of benzene rings is 1. The first-order valence-electron chi connectivity index (χ1n) is 5.04. The SMILES string of the molecule is O=[N+]([O-])c1cc(Cl)cnc1C#Cc1ccccc1. The van der Waals surface area contributed by atoms with Gasteiger partial charge >= 0.3 is 5.69 Å². The van der Waals surface area contributed by atoms with E-state index in [0.29, 0.717) is 0 Å². The summed E-state index contributed by atoms with van der Waals surface area (Å²) in [5.74, 6) is 5.49. The third kappa shape index (κ3) is 2.84. The van der Waals surface area contributed by atoms with E-state index in [-0.39, 0.29) is 16.4 Å². The Kier molecular flexibility index (Phi) is 3.56. The second-order valence-corrected chi connectivity index (χ2v) is 3.83. The van der Waals surface area contributed by atoms with E-state index in [2.05, 4.69) is 16.8 Å². The van der Waals surface area contributed by atoms with Crippen molar-refractivity contribution in [3.63, 3.8) is 0 Å². The lowest BCUT2D eigenvalue weighted by Crippen LogP contribution is -1.94. The Morgan fingerprint density at radius 3 is 2.61 bits per heavy atom. The normalized spacial score (nSPS) is 9.39. The molecule has 1 heterocycles. The fourth-order valence-electron chi connectivity index (χ4n) is 1.32. The van der Waals surface area contributed by atoms with Crippen LogP contribution >= 0.6 is 11.6 Å². The zero-order valence-corrected chi connectivity index (χ0v) is 9.89. The van der Waals surface area contributed by atoms with E-state index in [0.717, 1.165) is 5.56 Å². The molecule has 0 aliphatic rings. The summed E-state index contributed by atoms with van der Waals surface area (Å²) in [7, 11) is 0. The molecular formula is C13H7ClN2O2. The van der Waals surface area contributed by atoms with Gasteiger partial charge in [-0.15, -0.1) is 0 Å². The van der Waals surface area contributed by atoms with Gasteiger partial charge in [0.2, 0.25) is 0 Å². The van der Waals surface area contributed by atoms with Crippen molar-refractivity contribution < 1.29 is 4.92 Å². The fourth-order valence-corrected chi connectivity index (χ4v) is 1.47. The molecule has 0 N–H and O–H groups in total. The summed E-state index contributed by atoms with van der Waals surface area (Å²) in [5, 5.41) is 11.0. The van der Waals surface area contributed by atoms with Crippen molar-refractivity contribution >= 4 is 17.3 Å². The molecule has 0 spiro atoms. The number of aromatic nitrogens is 1. The van der Waals surface area contributed by atoms with Gasteiger partial charge in [-0.3, -0.25) is 10.1 Å². The predicted octanol–water partition coefficient (Wildman–Crippen LogP) is 3.04. The molecule has 0 amide bonds. The zero-order chi connectivity index (χ0) is 13.0. The largest absolute Gasteiger partial charge is 0.304 e. The van der Waals surface area contributed by atoms with Crippen LogP contribution in [-0.4, -0.2) is 9.91 Å². The first-order chi connectivity index (χ1) is 8.66. The van der Waals surface area contributed by atoms with Crippen LogP contribution in [0.25, 0.3) is 0 Å². The van der Waals surface area contributed by atoms with Crippen LogP contribution in [0.2, 0.25) is 5.02 Å². The van der Waals surface area contributed by atoms with Crippen LogP contribution in [0.5, 0.6) is 0 Å². The van der Waals surface area contributed by atoms with Crippen molar-refractivity contribution in [2.45, 2.75) is 0 Å². The lowest BCUT2D eigenvalue weighted by molar-refractivity contribution is -0.385. The summed E-state index contributed by atoms with van der Waals surface area (Å²) in [6.45, 7) is 0. The molecule has 4 nitrogen and oxygen atoms in total. The molecule has 5 heteroatoms. The number of pyridine rings is 1. The van der Waals surface area contributed by atoms with E-state index in [9.17, 15) is 10.1 Å². The molecule has 1 aromatic carbocycles. The minimum atomic E-state index is -0.548. The van der Waals surface area contributed by atoms with Gasteiger partial charge in [0.25, 0.3) is 0 Å². The van der Waals surface area contributed by atoms with Crippen LogP contribution in [0, 0.1) is 22.0 Å². The summed E-state index contributed by atoms with van der Waals surface area (Å²) in [6.07, 6.45) is 1.34. The van der Waals surface area contributed by atoms with E-state index in [1.54, 1.807) is 0 Å². The van der Waals surface area contributed by atoms with Crippen molar-refractivity contribution in [3.05, 3.63) is 69.0 Å². The number of nitrogens with zero attached hydrogens (tertiary/aromatic N) is 2. The van der Waals surface area contributed by atoms with Gasteiger partial charge in [0.05, 0.1) is 9.95 Å². The summed E-state index contributed by atoms with van der Waals surface area (Å²) >= 11 is 5.66. The molecule has 2 aromatic rings. The maximum Gasteiger partial charge on any atom is 0.304 e. The number of halogens is 1. The molecule has 0 aliphatic heterocycles. The lowest BCUT2D eigenvalue weighted by Gasteiger charge is -1.95. The number of nitro groups is 1. The second kappa shape index (κ2) is 5.30. The molecule has 2 rings (SSSR count). The summed E-state index contributed by atoms with van der Waals surface area (Å²) < 4.78 is 0. The Bertz CT molecular complexity index is 645. The zero-order valence-electron chi connectivity index (χ0n) is 9.13. The van der Waals surface area contributed by atoms with Gasteiger partial charge in [-0.25, -0.2) is 4.98 Å². The fraction of sp³-hybridized carbons (Fsp3) is 0. The van der Waals surface area contributed by atoms with Crippen molar-refractivity contribution in [1.29, 1.82) is 0 Å². The van der Waals surface area contributed by atoms with Gasteiger partial charge in [0, 0.05) is 17.8 Å². The van der Waals surface area contributed by atoms with Crippen LogP contribution in [0.4, 0.5) is 5.69 Å². The molecule has 0 saturated carbocycles. The van der Waals surface area contributed by atoms with Crippen molar-refractivity contribution in [1.82, 2.24) is 4.98 Å². The van der Waals surface area contributed by atoms with Crippen molar-refractivity contribution in [2.75, 3.05) is 0 Å². The van der Waals surface area contributed by atoms with Gasteiger partial charge in [-0.2, -0.15) is 0 Å². The highest BCUT2D eigenvalue weighted by molar-refractivity contribution is 6.30. The van der Waals surface area contributed by atoms with E-state index >= 15 is 0 Å². The van der Waals surface area contributed by atoms with Gasteiger partial charge < -0.3 is 0 Å². The third-order valence-corrected chi connectivity index (χ3v) is 2.34. The average Bonchev–Trinajstić information content (AvgIpc) is 2.38. The number of rotatable bonds is 1. The standard InChI is InChI=1S/C13H7ClN2O2/c14-11-8-13(16(17)18)12(15-9-11)7-6-10-4-2-1-3-5-10/h1-5,8-9H. The van der Waals surface area contributed by atoms with Gasteiger partial charge in [0.15, 0.2) is 5.69 Å². The molecule has 0 aliphatic carbocycles. The molecule has 1 aromatic heterocycles. The molecule has 88 valence electrons. The Morgan fingerprint density at radius 2 is 1.94 bits per heavy atom. The number of hydrogen-bond donors (Lipinski definition) is 0. The molecule has 0 radical (unpaired) electrons. The minimum absolute atomic E-state index is 0.105. The predicted molar refractivity (Wildman–Crippen MR) is 68.3 cm³/mol. The van der Waals surface area contributed by atoms with Gasteiger partial charge in [-0.05, 0) is 18.1 Å². The Hall–Kier alpha value is -2.38. The highest BCUT2D eigenvalue weighted by atomic mass is 35.5. The summed E-state index contributed by atoms with van der Waals surface area (Å²) in [4.78, 5) is 14.1. The Morgan fingerprint density at radius 1 is 1.22 bits per heavy atom. The van der Waals surface area contributed by atoms with Crippen LogP contribution in [-0.2, 0) is 0 Å². The molecule has 0 atom stereocenters. The van der Waals surface area contributed by atoms with Crippen LogP contribution in [0.3, 0.4) is 0 Å². The van der Waals surface area contributed by atoms with E-state index in [1.165, 1.54) is 12.3 Å². The highest BCUT2D eigenvalue weighted by Gasteiger charge is 2.13. The van der Waals surface area contributed by atoms with Crippen molar-refractivity contribution in [3.8, 4) is 11.8 Å². The highest BCUT2D eigenvalue weighted by Crippen LogP contribution is 2.19. The van der Waals surface area contributed by atoms with Gasteiger partial charge in [-0.1, -0.05) is 35.7 Å². The molecule has 0 bridgehead atoms. The molecule has 0 fully saturated rings. The van der Waals surface area contributed by atoms with Gasteiger partial charge in [0.1, 0.15) is 0 Å². The summed E-state index contributed by atoms with van der Waals surface area (Å²) in [5.41, 5.74) is 0.683. The van der Waals surface area contributed by atoms with Crippen molar-refractivity contribution in [2.24, 2.45) is 0 Å². The Labute approximate surface area is 108 Å². The quantitative estimate of drug-likeness (QED) is 0.449. The second-order valence-electron chi connectivity index (χ2n) is 3.39. The molecule has 18 heavy (non-hydrogen) atoms. The van der Waals surface area contributed by atoms with E-state index < -0.39 is 4.92 Å². The van der Waals surface area contributed by atoms with E-state index in [4.69, 9.17) is 11.6 Å². The smallest absolute Gasteiger partial charge is 0.258 e. The average molecular weight is 259 g/mol. The lowest BCUT2D eigenvalue weighted by atomic mass is 10.2.